The molecular formula is C13H16FN5S. The van der Waals surface area contributed by atoms with Crippen LogP contribution in [-0.4, -0.2) is 40.5 Å². The van der Waals surface area contributed by atoms with Crippen molar-refractivity contribution >= 4 is 22.5 Å². The standard InChI is InChI=1S/C13H16FN5S/c1-10-16-13(20-17-10)19-6-2-5-18(7-8-19)12-4-3-11(14)9-15-12/h3-4,9H,2,5-8H2,1H3. The van der Waals surface area contributed by atoms with Crippen LogP contribution in [0.5, 0.6) is 0 Å². The van der Waals surface area contributed by atoms with E-state index in [-0.39, 0.29) is 5.82 Å². The summed E-state index contributed by atoms with van der Waals surface area (Å²) in [6.45, 7) is 5.54. The maximum atomic E-state index is 12.9. The molecule has 0 unspecified atom stereocenters. The Morgan fingerprint density at radius 2 is 1.95 bits per heavy atom. The van der Waals surface area contributed by atoms with E-state index in [2.05, 4.69) is 24.1 Å². The average molecular weight is 293 g/mol. The lowest BCUT2D eigenvalue weighted by atomic mass is 10.3. The van der Waals surface area contributed by atoms with Gasteiger partial charge in [0.2, 0.25) is 5.13 Å². The van der Waals surface area contributed by atoms with Gasteiger partial charge in [0, 0.05) is 37.7 Å². The van der Waals surface area contributed by atoms with Gasteiger partial charge in [-0.05, 0) is 25.5 Å². The van der Waals surface area contributed by atoms with Crippen LogP contribution in [0, 0.1) is 12.7 Å². The molecule has 3 heterocycles. The highest BCUT2D eigenvalue weighted by Gasteiger charge is 2.18. The second-order valence-corrected chi connectivity index (χ2v) is 5.52. The number of aryl methyl sites for hydroxylation is 1. The van der Waals surface area contributed by atoms with E-state index in [0.717, 1.165) is 49.4 Å². The molecule has 2 aromatic heterocycles. The van der Waals surface area contributed by atoms with Gasteiger partial charge in [0.1, 0.15) is 17.5 Å². The number of anilines is 2. The van der Waals surface area contributed by atoms with Crippen molar-refractivity contribution in [3.05, 3.63) is 30.0 Å². The summed E-state index contributed by atoms with van der Waals surface area (Å²) in [6.07, 6.45) is 2.30. The molecule has 0 saturated carbocycles. The van der Waals surface area contributed by atoms with E-state index >= 15 is 0 Å². The van der Waals surface area contributed by atoms with Gasteiger partial charge in [-0.25, -0.2) is 14.4 Å². The smallest absolute Gasteiger partial charge is 0.205 e. The predicted octanol–water partition coefficient (Wildman–Crippen LogP) is 2.10. The van der Waals surface area contributed by atoms with Crippen LogP contribution >= 0.6 is 11.5 Å². The number of halogens is 1. The molecule has 106 valence electrons. The average Bonchev–Trinajstić information content (AvgIpc) is 2.74. The zero-order chi connectivity index (χ0) is 13.9. The van der Waals surface area contributed by atoms with Gasteiger partial charge in [-0.2, -0.15) is 4.37 Å². The van der Waals surface area contributed by atoms with Gasteiger partial charge in [0.15, 0.2) is 0 Å². The third kappa shape index (κ3) is 2.87. The Hall–Kier alpha value is -1.76. The minimum atomic E-state index is -0.297. The Balaban J connectivity index is 1.69. The second kappa shape index (κ2) is 5.70. The van der Waals surface area contributed by atoms with Crippen LogP contribution in [0.2, 0.25) is 0 Å². The lowest BCUT2D eigenvalue weighted by Crippen LogP contribution is -2.31. The Morgan fingerprint density at radius 3 is 2.65 bits per heavy atom. The van der Waals surface area contributed by atoms with Crippen molar-refractivity contribution in [1.82, 2.24) is 14.3 Å². The van der Waals surface area contributed by atoms with Crippen LogP contribution in [0.3, 0.4) is 0 Å². The normalized spacial score (nSPS) is 16.3. The summed E-state index contributed by atoms with van der Waals surface area (Å²) in [5.74, 6) is 1.36. The van der Waals surface area contributed by atoms with Gasteiger partial charge in [-0.15, -0.1) is 0 Å². The highest BCUT2D eigenvalue weighted by molar-refractivity contribution is 7.09. The van der Waals surface area contributed by atoms with Crippen LogP contribution in [-0.2, 0) is 0 Å². The Bertz CT molecular complexity index is 570. The number of pyridine rings is 1. The van der Waals surface area contributed by atoms with E-state index in [0.29, 0.717) is 0 Å². The van der Waals surface area contributed by atoms with E-state index in [1.54, 1.807) is 6.07 Å². The largest absolute Gasteiger partial charge is 0.355 e. The van der Waals surface area contributed by atoms with Gasteiger partial charge in [-0.1, -0.05) is 0 Å². The lowest BCUT2D eigenvalue weighted by Gasteiger charge is -2.22. The zero-order valence-corrected chi connectivity index (χ0v) is 12.1. The molecule has 1 aliphatic rings. The van der Waals surface area contributed by atoms with Gasteiger partial charge < -0.3 is 9.80 Å². The van der Waals surface area contributed by atoms with Crippen molar-refractivity contribution in [2.75, 3.05) is 36.0 Å². The molecule has 0 amide bonds. The first-order chi connectivity index (χ1) is 9.72. The maximum absolute atomic E-state index is 12.9. The van der Waals surface area contributed by atoms with E-state index in [1.165, 1.54) is 23.8 Å². The van der Waals surface area contributed by atoms with Crippen molar-refractivity contribution in [3.63, 3.8) is 0 Å². The van der Waals surface area contributed by atoms with Gasteiger partial charge >= 0.3 is 0 Å². The molecule has 0 N–H and O–H groups in total. The van der Waals surface area contributed by atoms with Gasteiger partial charge in [0.05, 0.1) is 6.20 Å². The number of rotatable bonds is 2. The molecule has 0 aliphatic carbocycles. The molecule has 1 fully saturated rings. The first-order valence-electron chi connectivity index (χ1n) is 6.64. The third-order valence-electron chi connectivity index (χ3n) is 3.32. The number of nitrogens with zero attached hydrogens (tertiary/aromatic N) is 5. The molecule has 0 aromatic carbocycles. The quantitative estimate of drug-likeness (QED) is 0.848. The molecule has 0 bridgehead atoms. The minimum absolute atomic E-state index is 0.297. The van der Waals surface area contributed by atoms with Crippen molar-refractivity contribution < 1.29 is 4.39 Å². The first-order valence-corrected chi connectivity index (χ1v) is 7.41. The fourth-order valence-electron chi connectivity index (χ4n) is 2.31. The van der Waals surface area contributed by atoms with Gasteiger partial charge in [0.25, 0.3) is 0 Å². The molecular weight excluding hydrogens is 277 g/mol. The zero-order valence-electron chi connectivity index (χ0n) is 11.3. The summed E-state index contributed by atoms with van der Waals surface area (Å²) >= 11 is 1.45. The summed E-state index contributed by atoms with van der Waals surface area (Å²) in [5, 5.41) is 0.983. The number of hydrogen-bond donors (Lipinski definition) is 0. The van der Waals surface area contributed by atoms with Crippen molar-refractivity contribution in [2.24, 2.45) is 0 Å². The minimum Gasteiger partial charge on any atom is -0.355 e. The highest BCUT2D eigenvalue weighted by atomic mass is 32.1. The van der Waals surface area contributed by atoms with Crippen molar-refractivity contribution in [2.45, 2.75) is 13.3 Å². The molecule has 3 rings (SSSR count). The van der Waals surface area contributed by atoms with E-state index in [4.69, 9.17) is 0 Å². The van der Waals surface area contributed by atoms with Crippen LogP contribution < -0.4 is 9.80 Å². The summed E-state index contributed by atoms with van der Waals surface area (Å²) in [5.41, 5.74) is 0. The summed E-state index contributed by atoms with van der Waals surface area (Å²) < 4.78 is 17.1. The van der Waals surface area contributed by atoms with Gasteiger partial charge in [-0.3, -0.25) is 0 Å². The highest BCUT2D eigenvalue weighted by Crippen LogP contribution is 2.20. The van der Waals surface area contributed by atoms with Crippen LogP contribution in [0.1, 0.15) is 12.2 Å². The first kappa shape index (κ1) is 13.2. The predicted molar refractivity (Wildman–Crippen MR) is 77.9 cm³/mol. The molecule has 0 radical (unpaired) electrons. The fourth-order valence-corrected chi connectivity index (χ4v) is 3.03. The molecule has 0 spiro atoms. The maximum Gasteiger partial charge on any atom is 0.205 e. The van der Waals surface area contributed by atoms with Crippen LogP contribution in [0.15, 0.2) is 18.3 Å². The van der Waals surface area contributed by atoms with E-state index < -0.39 is 0 Å². The summed E-state index contributed by atoms with van der Waals surface area (Å²) in [4.78, 5) is 13.0. The number of aromatic nitrogens is 3. The van der Waals surface area contributed by atoms with Crippen molar-refractivity contribution in [3.8, 4) is 0 Å². The Morgan fingerprint density at radius 1 is 1.15 bits per heavy atom. The SMILES string of the molecule is Cc1nsc(N2CCCN(c3ccc(F)cn3)CC2)n1. The molecule has 7 heteroatoms. The summed E-state index contributed by atoms with van der Waals surface area (Å²) in [6, 6.07) is 3.19. The molecule has 5 nitrogen and oxygen atoms in total. The molecule has 0 atom stereocenters. The fraction of sp³-hybridized carbons (Fsp3) is 0.462. The van der Waals surface area contributed by atoms with E-state index in [1.807, 2.05) is 6.92 Å². The lowest BCUT2D eigenvalue weighted by molar-refractivity contribution is 0.620. The third-order valence-corrected chi connectivity index (χ3v) is 4.19. The van der Waals surface area contributed by atoms with Crippen LogP contribution in [0.25, 0.3) is 0 Å². The molecule has 1 saturated heterocycles. The molecule has 2 aromatic rings. The monoisotopic (exact) mass is 293 g/mol. The topological polar surface area (TPSA) is 45.2 Å². The number of hydrogen-bond acceptors (Lipinski definition) is 6. The second-order valence-electron chi connectivity index (χ2n) is 4.79. The molecule has 20 heavy (non-hydrogen) atoms. The summed E-state index contributed by atoms with van der Waals surface area (Å²) in [7, 11) is 0. The van der Waals surface area contributed by atoms with E-state index in [9.17, 15) is 4.39 Å². The van der Waals surface area contributed by atoms with Crippen molar-refractivity contribution in [1.29, 1.82) is 0 Å². The Kier molecular flexibility index (Phi) is 3.77. The molecule has 1 aliphatic heterocycles. The Labute approximate surface area is 121 Å². The van der Waals surface area contributed by atoms with Crippen LogP contribution in [0.4, 0.5) is 15.3 Å².